The molecule has 0 radical (unpaired) electrons. The highest BCUT2D eigenvalue weighted by molar-refractivity contribution is 6.01. The molecule has 1 aliphatic heterocycles. The van der Waals surface area contributed by atoms with Crippen LogP contribution in [0.2, 0.25) is 0 Å². The fourth-order valence-electron chi connectivity index (χ4n) is 3.47. The van der Waals surface area contributed by atoms with E-state index in [9.17, 15) is 4.79 Å². The predicted octanol–water partition coefficient (Wildman–Crippen LogP) is 3.35. The molecule has 27 heavy (non-hydrogen) atoms. The number of rotatable bonds is 3. The Morgan fingerprint density at radius 1 is 1.33 bits per heavy atom. The van der Waals surface area contributed by atoms with Gasteiger partial charge >= 0.3 is 6.09 Å². The number of alkyl carbamates (subject to hydrolysis) is 1. The van der Waals surface area contributed by atoms with E-state index in [2.05, 4.69) is 20.5 Å². The van der Waals surface area contributed by atoms with Crippen molar-refractivity contribution in [3.8, 4) is 0 Å². The van der Waals surface area contributed by atoms with E-state index in [0.29, 0.717) is 18.1 Å². The Morgan fingerprint density at radius 3 is 2.78 bits per heavy atom. The second-order valence-electron chi connectivity index (χ2n) is 7.98. The van der Waals surface area contributed by atoms with Gasteiger partial charge in [-0.15, -0.1) is 0 Å². The third kappa shape index (κ3) is 4.35. The first kappa shape index (κ1) is 19.1. The lowest BCUT2D eigenvalue weighted by Crippen LogP contribution is -2.46. The normalized spacial score (nSPS) is 17.6. The average molecular weight is 371 g/mol. The number of carbonyl (C=O) groups excluding carboxylic acids is 1. The zero-order valence-corrected chi connectivity index (χ0v) is 16.5. The number of pyridine rings is 1. The molecule has 1 saturated heterocycles. The number of benzene rings is 1. The van der Waals surface area contributed by atoms with Gasteiger partial charge in [0.15, 0.2) is 5.82 Å². The number of fused-ring (bicyclic) bond motifs is 1. The van der Waals surface area contributed by atoms with E-state index >= 15 is 0 Å². The minimum absolute atomic E-state index is 0.175. The number of carbonyl (C=O) groups is 1. The van der Waals surface area contributed by atoms with E-state index in [1.807, 2.05) is 52.1 Å². The molecule has 7 nitrogen and oxygen atoms in total. The Bertz CT molecular complexity index is 831. The van der Waals surface area contributed by atoms with E-state index in [1.165, 1.54) is 0 Å². The number of nitrogen functional groups attached to an aromatic ring is 1. The summed E-state index contributed by atoms with van der Waals surface area (Å²) in [5, 5.41) is 6.94. The van der Waals surface area contributed by atoms with Crippen LogP contribution in [0.15, 0.2) is 24.3 Å². The van der Waals surface area contributed by atoms with E-state index in [1.54, 1.807) is 0 Å². The van der Waals surface area contributed by atoms with Gasteiger partial charge in [0.05, 0.1) is 23.4 Å². The van der Waals surface area contributed by atoms with Gasteiger partial charge in [-0.3, -0.25) is 0 Å². The first-order valence-corrected chi connectivity index (χ1v) is 9.38. The third-order valence-electron chi connectivity index (χ3n) is 4.58. The minimum Gasteiger partial charge on any atom is -0.444 e. The molecule has 7 heteroatoms. The topological polar surface area (TPSA) is 92.5 Å². The van der Waals surface area contributed by atoms with E-state index in [4.69, 9.17) is 10.5 Å². The first-order chi connectivity index (χ1) is 12.8. The Labute approximate surface area is 160 Å². The molecule has 0 saturated carbocycles. The van der Waals surface area contributed by atoms with Gasteiger partial charge in [-0.25, -0.2) is 9.78 Å². The molecule has 0 bridgehead atoms. The largest absolute Gasteiger partial charge is 0.444 e. The molecule has 1 fully saturated rings. The zero-order chi connectivity index (χ0) is 19.6. The molecule has 1 aliphatic rings. The fraction of sp³-hybridized carbons (Fsp3) is 0.500. The van der Waals surface area contributed by atoms with Crippen LogP contribution in [0.3, 0.4) is 0 Å². The van der Waals surface area contributed by atoms with Crippen molar-refractivity contribution in [2.24, 2.45) is 0 Å². The highest BCUT2D eigenvalue weighted by atomic mass is 16.6. The summed E-state index contributed by atoms with van der Waals surface area (Å²) >= 11 is 0. The lowest BCUT2D eigenvalue weighted by molar-refractivity contribution is 0.0827. The smallest absolute Gasteiger partial charge is 0.407 e. The molecule has 2 aromatic rings. The van der Waals surface area contributed by atoms with Crippen molar-refractivity contribution in [1.82, 2.24) is 10.3 Å². The van der Waals surface area contributed by atoms with Crippen LogP contribution in [0.4, 0.5) is 22.0 Å². The quantitative estimate of drug-likeness (QED) is 0.766. The van der Waals surface area contributed by atoms with Crippen LogP contribution in [0.25, 0.3) is 10.9 Å². The molecule has 0 spiro atoms. The Morgan fingerprint density at radius 2 is 2.07 bits per heavy atom. The van der Waals surface area contributed by atoms with E-state index in [-0.39, 0.29) is 17.7 Å². The van der Waals surface area contributed by atoms with Gasteiger partial charge in [-0.05, 0) is 39.7 Å². The van der Waals surface area contributed by atoms with Crippen LogP contribution in [0.5, 0.6) is 0 Å². The maximum atomic E-state index is 12.2. The molecule has 1 unspecified atom stereocenters. The Hall–Kier alpha value is -2.70. The summed E-state index contributed by atoms with van der Waals surface area (Å²) in [5.74, 6) is 0.664. The highest BCUT2D eigenvalue weighted by Crippen LogP contribution is 2.37. The molecule has 1 aromatic carbocycles. The molecule has 1 aromatic heterocycles. The second-order valence-corrected chi connectivity index (χ2v) is 7.98. The summed E-state index contributed by atoms with van der Waals surface area (Å²) in [4.78, 5) is 19.0. The molecule has 146 valence electrons. The molecule has 2 heterocycles. The first-order valence-electron chi connectivity index (χ1n) is 9.38. The number of hydrogen-bond acceptors (Lipinski definition) is 6. The minimum atomic E-state index is -0.377. The summed E-state index contributed by atoms with van der Waals surface area (Å²) < 4.78 is 5.66. The molecule has 1 amide bonds. The van der Waals surface area contributed by atoms with Crippen molar-refractivity contribution >= 4 is 34.2 Å². The average Bonchev–Trinajstić information content (AvgIpc) is 2.59. The van der Waals surface area contributed by atoms with Crippen molar-refractivity contribution in [3.05, 3.63) is 24.3 Å². The highest BCUT2D eigenvalue weighted by Gasteiger charge is 2.27. The van der Waals surface area contributed by atoms with Crippen LogP contribution in [0.1, 0.15) is 33.6 Å². The van der Waals surface area contributed by atoms with Gasteiger partial charge in [-0.1, -0.05) is 18.2 Å². The third-order valence-corrected chi connectivity index (χ3v) is 4.58. The molecule has 4 N–H and O–H groups in total. The van der Waals surface area contributed by atoms with Crippen molar-refractivity contribution in [2.45, 2.75) is 45.3 Å². The molecule has 1 atom stereocenters. The van der Waals surface area contributed by atoms with E-state index in [0.717, 1.165) is 36.0 Å². The summed E-state index contributed by atoms with van der Waals surface area (Å²) in [6.07, 6.45) is 1.22. The number of nitrogens with one attached hydrogen (secondary N) is 2. The van der Waals surface area contributed by atoms with Gasteiger partial charge in [0.25, 0.3) is 0 Å². The number of amides is 1. The molecular weight excluding hydrogens is 342 g/mol. The lowest BCUT2D eigenvalue weighted by Gasteiger charge is -2.36. The summed E-state index contributed by atoms with van der Waals surface area (Å²) in [7, 11) is 1.82. The number of hydrogen-bond donors (Lipinski definition) is 3. The van der Waals surface area contributed by atoms with E-state index < -0.39 is 0 Å². The number of para-hydroxylation sites is 1. The van der Waals surface area contributed by atoms with Gasteiger partial charge in [0.1, 0.15) is 6.10 Å². The Kier molecular flexibility index (Phi) is 5.30. The van der Waals surface area contributed by atoms with Crippen LogP contribution in [-0.2, 0) is 4.74 Å². The predicted molar refractivity (Wildman–Crippen MR) is 110 cm³/mol. The van der Waals surface area contributed by atoms with Crippen LogP contribution < -0.4 is 21.3 Å². The van der Waals surface area contributed by atoms with Crippen molar-refractivity contribution in [2.75, 3.05) is 36.1 Å². The van der Waals surface area contributed by atoms with Gasteiger partial charge in [0, 0.05) is 24.5 Å². The van der Waals surface area contributed by atoms with Crippen LogP contribution in [0, 0.1) is 0 Å². The molecular formula is C20H29N5O2. The zero-order valence-electron chi connectivity index (χ0n) is 16.5. The van der Waals surface area contributed by atoms with Crippen molar-refractivity contribution in [3.63, 3.8) is 0 Å². The van der Waals surface area contributed by atoms with Gasteiger partial charge in [0.2, 0.25) is 0 Å². The molecule has 0 aliphatic carbocycles. The maximum Gasteiger partial charge on any atom is 0.407 e. The number of ether oxygens (including phenoxy) is 1. The SMILES string of the molecule is CNc1nc2ccccc2c(N2CCCC(OC(=O)NC(C)(C)C)C2)c1N. The summed E-state index contributed by atoms with van der Waals surface area (Å²) in [6, 6.07) is 7.96. The fourth-order valence-corrected chi connectivity index (χ4v) is 3.47. The van der Waals surface area contributed by atoms with Gasteiger partial charge < -0.3 is 26.0 Å². The van der Waals surface area contributed by atoms with Crippen molar-refractivity contribution in [1.29, 1.82) is 0 Å². The van der Waals surface area contributed by atoms with Crippen molar-refractivity contribution < 1.29 is 9.53 Å². The number of piperidine rings is 1. The van der Waals surface area contributed by atoms with Crippen LogP contribution >= 0.6 is 0 Å². The Balaban J connectivity index is 1.86. The monoisotopic (exact) mass is 371 g/mol. The summed E-state index contributed by atoms with van der Waals surface area (Å²) in [5.41, 5.74) is 8.58. The number of nitrogens with two attached hydrogens (primary N) is 1. The van der Waals surface area contributed by atoms with Gasteiger partial charge in [-0.2, -0.15) is 0 Å². The maximum absolute atomic E-state index is 12.2. The number of nitrogens with zero attached hydrogens (tertiary/aromatic N) is 2. The number of anilines is 3. The second kappa shape index (κ2) is 7.50. The van der Waals surface area contributed by atoms with Crippen LogP contribution in [-0.4, -0.2) is 42.9 Å². The summed E-state index contributed by atoms with van der Waals surface area (Å²) in [6.45, 7) is 7.28. The standard InChI is InChI=1S/C20H29N5O2/c1-20(2,3)24-19(26)27-13-8-7-11-25(12-13)17-14-9-5-6-10-15(14)23-18(22-4)16(17)21/h5-6,9-10,13H,7-8,11-12,21H2,1-4H3,(H,22,23)(H,24,26). The number of aromatic nitrogens is 1. The molecule has 3 rings (SSSR count). The lowest BCUT2D eigenvalue weighted by atomic mass is 10.0.